The van der Waals surface area contributed by atoms with Crippen LogP contribution < -0.4 is 14.8 Å². The largest absolute Gasteiger partial charge is 0.454 e. The van der Waals surface area contributed by atoms with Gasteiger partial charge in [0.15, 0.2) is 11.5 Å². The van der Waals surface area contributed by atoms with Crippen molar-refractivity contribution < 1.29 is 23.4 Å². The number of nitrogens with one attached hydrogen (secondary N) is 1. The summed E-state index contributed by atoms with van der Waals surface area (Å²) in [7, 11) is 0. The van der Waals surface area contributed by atoms with E-state index in [0.29, 0.717) is 17.1 Å². The lowest BCUT2D eigenvalue weighted by Crippen LogP contribution is -2.13. The molecule has 1 atom stereocenters. The van der Waals surface area contributed by atoms with Crippen molar-refractivity contribution in [2.45, 2.75) is 6.10 Å². The van der Waals surface area contributed by atoms with Gasteiger partial charge in [0.2, 0.25) is 6.79 Å². The summed E-state index contributed by atoms with van der Waals surface area (Å²) >= 11 is 0. The maximum atomic E-state index is 13.5. The smallest absolute Gasteiger partial charge is 0.231 e. The second-order valence-electron chi connectivity index (χ2n) is 4.63. The summed E-state index contributed by atoms with van der Waals surface area (Å²) in [6.45, 7) is 0.196. The topological polar surface area (TPSA) is 50.7 Å². The second-order valence-corrected chi connectivity index (χ2v) is 4.63. The maximum absolute atomic E-state index is 13.5. The van der Waals surface area contributed by atoms with Crippen molar-refractivity contribution in [3.63, 3.8) is 0 Å². The highest BCUT2D eigenvalue weighted by Gasteiger charge is 2.16. The lowest BCUT2D eigenvalue weighted by molar-refractivity contribution is 0.173. The number of aliphatic hydroxyl groups is 1. The standard InChI is InChI=1S/C15H13F2NO3/c16-10-2-3-11(17)12(6-10)18-7-13(19)9-1-4-14-15(5-9)21-8-20-14/h1-6,13,18-19H,7-8H2. The normalized spacial score (nSPS) is 14.0. The minimum Gasteiger partial charge on any atom is -0.454 e. The van der Waals surface area contributed by atoms with Crippen molar-refractivity contribution >= 4 is 5.69 Å². The van der Waals surface area contributed by atoms with Crippen LogP contribution in [0.1, 0.15) is 11.7 Å². The van der Waals surface area contributed by atoms with Gasteiger partial charge < -0.3 is 19.9 Å². The van der Waals surface area contributed by atoms with E-state index in [4.69, 9.17) is 9.47 Å². The van der Waals surface area contributed by atoms with Crippen LogP contribution in [0.4, 0.5) is 14.5 Å². The molecule has 1 unspecified atom stereocenters. The number of aliphatic hydroxyl groups excluding tert-OH is 1. The van der Waals surface area contributed by atoms with Crippen LogP contribution in [0.3, 0.4) is 0 Å². The van der Waals surface area contributed by atoms with Crippen molar-refractivity contribution in [1.29, 1.82) is 0 Å². The van der Waals surface area contributed by atoms with Crippen LogP contribution in [-0.2, 0) is 0 Å². The Kier molecular flexibility index (Phi) is 3.62. The quantitative estimate of drug-likeness (QED) is 0.910. The van der Waals surface area contributed by atoms with Gasteiger partial charge in [0.1, 0.15) is 11.6 Å². The van der Waals surface area contributed by atoms with Crippen LogP contribution in [0.2, 0.25) is 0 Å². The molecule has 0 saturated carbocycles. The van der Waals surface area contributed by atoms with E-state index in [0.717, 1.165) is 18.2 Å². The van der Waals surface area contributed by atoms with Crippen LogP contribution in [-0.4, -0.2) is 18.4 Å². The zero-order valence-corrected chi connectivity index (χ0v) is 11.0. The monoisotopic (exact) mass is 293 g/mol. The summed E-state index contributed by atoms with van der Waals surface area (Å²) in [5.74, 6) is 0.0596. The number of hydrogen-bond acceptors (Lipinski definition) is 4. The summed E-state index contributed by atoms with van der Waals surface area (Å²) in [6, 6.07) is 8.17. The van der Waals surface area contributed by atoms with Crippen LogP contribution in [0, 0.1) is 11.6 Å². The predicted octanol–water partition coefficient (Wildman–Crippen LogP) is 2.84. The molecule has 0 fully saturated rings. The Morgan fingerprint density at radius 1 is 1.10 bits per heavy atom. The molecule has 6 heteroatoms. The Balaban J connectivity index is 1.69. The van der Waals surface area contributed by atoms with Crippen LogP contribution in [0.15, 0.2) is 36.4 Å². The van der Waals surface area contributed by atoms with E-state index in [2.05, 4.69) is 5.32 Å². The van der Waals surface area contributed by atoms with Gasteiger partial charge in [0.25, 0.3) is 0 Å². The van der Waals surface area contributed by atoms with E-state index < -0.39 is 17.7 Å². The molecular formula is C15H13F2NO3. The second kappa shape index (κ2) is 5.57. The highest BCUT2D eigenvalue weighted by molar-refractivity contribution is 5.47. The first-order valence-corrected chi connectivity index (χ1v) is 6.40. The summed E-state index contributed by atoms with van der Waals surface area (Å²) in [5.41, 5.74) is 0.610. The third-order valence-electron chi connectivity index (χ3n) is 3.20. The molecule has 0 saturated heterocycles. The average molecular weight is 293 g/mol. The molecule has 0 amide bonds. The molecule has 0 bridgehead atoms. The number of anilines is 1. The lowest BCUT2D eigenvalue weighted by atomic mass is 10.1. The van der Waals surface area contributed by atoms with E-state index in [1.54, 1.807) is 18.2 Å². The predicted molar refractivity (Wildman–Crippen MR) is 72.4 cm³/mol. The van der Waals surface area contributed by atoms with E-state index in [9.17, 15) is 13.9 Å². The molecule has 0 spiro atoms. The van der Waals surface area contributed by atoms with Gasteiger partial charge in [0.05, 0.1) is 11.8 Å². The van der Waals surface area contributed by atoms with Gasteiger partial charge in [-0.25, -0.2) is 8.78 Å². The molecule has 0 aliphatic carbocycles. The fourth-order valence-corrected chi connectivity index (χ4v) is 2.08. The molecule has 110 valence electrons. The van der Waals surface area contributed by atoms with Gasteiger partial charge in [0, 0.05) is 6.54 Å². The fourth-order valence-electron chi connectivity index (χ4n) is 2.08. The van der Waals surface area contributed by atoms with Crippen LogP contribution in [0.5, 0.6) is 11.5 Å². The van der Waals surface area contributed by atoms with E-state index >= 15 is 0 Å². The Morgan fingerprint density at radius 2 is 1.90 bits per heavy atom. The van der Waals surface area contributed by atoms with Gasteiger partial charge in [-0.15, -0.1) is 0 Å². The van der Waals surface area contributed by atoms with Crippen molar-refractivity contribution in [2.75, 3.05) is 18.7 Å². The summed E-state index contributed by atoms with van der Waals surface area (Å²) in [4.78, 5) is 0. The van der Waals surface area contributed by atoms with Crippen molar-refractivity contribution in [2.24, 2.45) is 0 Å². The molecule has 0 radical (unpaired) electrons. The Labute approximate surface area is 119 Å². The van der Waals surface area contributed by atoms with E-state index in [1.807, 2.05) is 0 Å². The number of ether oxygens (including phenoxy) is 2. The van der Waals surface area contributed by atoms with Crippen molar-refractivity contribution in [3.8, 4) is 11.5 Å². The summed E-state index contributed by atoms with van der Waals surface area (Å²) < 4.78 is 36.9. The number of halogens is 2. The van der Waals surface area contributed by atoms with Gasteiger partial charge >= 0.3 is 0 Å². The van der Waals surface area contributed by atoms with Crippen LogP contribution >= 0.6 is 0 Å². The fraction of sp³-hybridized carbons (Fsp3) is 0.200. The molecule has 2 N–H and O–H groups in total. The molecule has 2 aromatic rings. The first kappa shape index (κ1) is 13.6. The van der Waals surface area contributed by atoms with Gasteiger partial charge in [-0.2, -0.15) is 0 Å². The van der Waals surface area contributed by atoms with Crippen LogP contribution in [0.25, 0.3) is 0 Å². The van der Waals surface area contributed by atoms with E-state index in [1.165, 1.54) is 0 Å². The Morgan fingerprint density at radius 3 is 2.76 bits per heavy atom. The van der Waals surface area contributed by atoms with Crippen molar-refractivity contribution in [1.82, 2.24) is 0 Å². The molecule has 1 heterocycles. The molecule has 1 aliphatic rings. The molecular weight excluding hydrogens is 280 g/mol. The highest BCUT2D eigenvalue weighted by atomic mass is 19.1. The lowest BCUT2D eigenvalue weighted by Gasteiger charge is -2.14. The molecule has 2 aromatic carbocycles. The highest BCUT2D eigenvalue weighted by Crippen LogP contribution is 2.34. The van der Waals surface area contributed by atoms with Crippen molar-refractivity contribution in [3.05, 3.63) is 53.6 Å². The minimum atomic E-state index is -0.887. The number of fused-ring (bicyclic) bond motifs is 1. The Bertz CT molecular complexity index is 663. The number of rotatable bonds is 4. The zero-order valence-electron chi connectivity index (χ0n) is 11.0. The Hall–Kier alpha value is -2.34. The third-order valence-corrected chi connectivity index (χ3v) is 3.20. The third kappa shape index (κ3) is 2.90. The summed E-state index contributed by atoms with van der Waals surface area (Å²) in [6.07, 6.45) is -0.887. The number of hydrogen-bond donors (Lipinski definition) is 2. The minimum absolute atomic E-state index is 0.00907. The molecule has 4 nitrogen and oxygen atoms in total. The van der Waals surface area contributed by atoms with E-state index in [-0.39, 0.29) is 19.0 Å². The first-order valence-electron chi connectivity index (χ1n) is 6.40. The average Bonchev–Trinajstić information content (AvgIpc) is 2.95. The zero-order chi connectivity index (χ0) is 14.8. The molecule has 1 aliphatic heterocycles. The first-order chi connectivity index (χ1) is 10.1. The summed E-state index contributed by atoms with van der Waals surface area (Å²) in [5, 5.41) is 12.8. The van der Waals surface area contributed by atoms with Gasteiger partial charge in [-0.3, -0.25) is 0 Å². The van der Waals surface area contributed by atoms with Gasteiger partial charge in [-0.05, 0) is 35.9 Å². The maximum Gasteiger partial charge on any atom is 0.231 e. The molecule has 3 rings (SSSR count). The molecule has 0 aromatic heterocycles. The SMILES string of the molecule is OC(CNc1cc(F)ccc1F)c1ccc2c(c1)OCO2. The van der Waals surface area contributed by atoms with Gasteiger partial charge in [-0.1, -0.05) is 6.07 Å². The molecule has 21 heavy (non-hydrogen) atoms. The number of benzene rings is 2.